The van der Waals surface area contributed by atoms with Crippen LogP contribution in [-0.4, -0.2) is 30.1 Å². The third kappa shape index (κ3) is 5.39. The van der Waals surface area contributed by atoms with E-state index < -0.39 is 0 Å². The largest absolute Gasteiger partial charge is 0.497 e. The first-order valence-electron chi connectivity index (χ1n) is 10.0. The quantitative estimate of drug-likeness (QED) is 0.362. The van der Waals surface area contributed by atoms with Gasteiger partial charge >= 0.3 is 0 Å². The summed E-state index contributed by atoms with van der Waals surface area (Å²) in [6.07, 6.45) is 1.68. The summed E-state index contributed by atoms with van der Waals surface area (Å²) in [6, 6.07) is 21.5. The number of methoxy groups -OCH3 is 2. The molecule has 0 aliphatic heterocycles. The smallest absolute Gasteiger partial charge is 0.255 e. The maximum absolute atomic E-state index is 12.7. The van der Waals surface area contributed by atoms with Crippen LogP contribution in [0.3, 0.4) is 0 Å². The molecule has 0 saturated heterocycles. The summed E-state index contributed by atoms with van der Waals surface area (Å²) in [5.41, 5.74) is 3.51. The third-order valence-corrected chi connectivity index (χ3v) is 5.11. The molecule has 0 bridgehead atoms. The van der Waals surface area contributed by atoms with Crippen molar-refractivity contribution in [3.63, 3.8) is 0 Å². The average Bonchev–Trinajstić information content (AvgIpc) is 2.85. The normalized spacial score (nSPS) is 10.4. The summed E-state index contributed by atoms with van der Waals surface area (Å²) in [5.74, 6) is 1.34. The van der Waals surface area contributed by atoms with Crippen molar-refractivity contribution in [3.8, 4) is 22.8 Å². The van der Waals surface area contributed by atoms with Gasteiger partial charge in [0.15, 0.2) is 0 Å². The summed E-state index contributed by atoms with van der Waals surface area (Å²) in [6.45, 7) is 0. The van der Waals surface area contributed by atoms with Crippen LogP contribution >= 0.6 is 11.6 Å². The predicted molar refractivity (Wildman–Crippen MR) is 130 cm³/mol. The number of carbonyl (C=O) groups excluding carboxylic acids is 1. The van der Waals surface area contributed by atoms with Crippen molar-refractivity contribution >= 4 is 34.8 Å². The van der Waals surface area contributed by atoms with E-state index in [4.69, 9.17) is 21.1 Å². The molecule has 1 heterocycles. The van der Waals surface area contributed by atoms with Gasteiger partial charge in [-0.15, -0.1) is 0 Å². The van der Waals surface area contributed by atoms with Crippen LogP contribution in [-0.2, 0) is 0 Å². The Balaban J connectivity index is 1.45. The second kappa shape index (κ2) is 10.0. The minimum atomic E-state index is -0.258. The lowest BCUT2D eigenvalue weighted by Crippen LogP contribution is -2.12. The maximum Gasteiger partial charge on any atom is 0.255 e. The SMILES string of the molecule is COc1ccc(NC(=O)c2ccc(Nc3nccc(-c4ccc(Cl)cc4)n3)cc2)c(OC)c1. The Kier molecular flexibility index (Phi) is 6.71. The first-order valence-corrected chi connectivity index (χ1v) is 10.4. The molecule has 1 aromatic heterocycles. The van der Waals surface area contributed by atoms with Crippen molar-refractivity contribution in [1.82, 2.24) is 9.97 Å². The first-order chi connectivity index (χ1) is 16.1. The van der Waals surface area contributed by atoms with Gasteiger partial charge in [-0.05, 0) is 54.6 Å². The van der Waals surface area contributed by atoms with Gasteiger partial charge in [0.05, 0.1) is 25.6 Å². The summed E-state index contributed by atoms with van der Waals surface area (Å²) in [5, 5.41) is 6.68. The zero-order chi connectivity index (χ0) is 23.2. The summed E-state index contributed by atoms with van der Waals surface area (Å²) < 4.78 is 10.5. The van der Waals surface area contributed by atoms with Crippen molar-refractivity contribution < 1.29 is 14.3 Å². The number of rotatable bonds is 7. The average molecular weight is 461 g/mol. The number of hydrogen-bond acceptors (Lipinski definition) is 6. The number of carbonyl (C=O) groups is 1. The molecule has 4 aromatic rings. The summed E-state index contributed by atoms with van der Waals surface area (Å²) >= 11 is 5.96. The van der Waals surface area contributed by atoms with Crippen molar-refractivity contribution in [2.24, 2.45) is 0 Å². The molecule has 0 aliphatic carbocycles. The molecule has 3 aromatic carbocycles. The van der Waals surface area contributed by atoms with Crippen LogP contribution in [0.5, 0.6) is 11.5 Å². The molecule has 166 valence electrons. The molecule has 7 nitrogen and oxygen atoms in total. The minimum absolute atomic E-state index is 0.258. The van der Waals surface area contributed by atoms with Gasteiger partial charge in [0, 0.05) is 34.1 Å². The highest BCUT2D eigenvalue weighted by molar-refractivity contribution is 6.30. The highest BCUT2D eigenvalue weighted by Crippen LogP contribution is 2.29. The predicted octanol–water partition coefficient (Wildman–Crippen LogP) is 5.81. The van der Waals surface area contributed by atoms with Gasteiger partial charge < -0.3 is 20.1 Å². The molecule has 33 heavy (non-hydrogen) atoms. The molecule has 0 saturated carbocycles. The maximum atomic E-state index is 12.7. The number of halogens is 1. The van der Waals surface area contributed by atoms with E-state index in [1.807, 2.05) is 30.3 Å². The lowest BCUT2D eigenvalue weighted by atomic mass is 10.1. The fraction of sp³-hybridized carbons (Fsp3) is 0.0800. The topological polar surface area (TPSA) is 85.4 Å². The second-order valence-electron chi connectivity index (χ2n) is 7.00. The third-order valence-electron chi connectivity index (χ3n) is 4.86. The molecule has 0 aliphatic rings. The molecule has 0 radical (unpaired) electrons. The molecular formula is C25H21ClN4O3. The Morgan fingerprint density at radius 2 is 1.67 bits per heavy atom. The fourth-order valence-electron chi connectivity index (χ4n) is 3.13. The van der Waals surface area contributed by atoms with Crippen LogP contribution in [0.15, 0.2) is 79.0 Å². The number of amides is 1. The van der Waals surface area contributed by atoms with E-state index >= 15 is 0 Å². The van der Waals surface area contributed by atoms with E-state index in [2.05, 4.69) is 20.6 Å². The number of nitrogens with one attached hydrogen (secondary N) is 2. The zero-order valence-corrected chi connectivity index (χ0v) is 18.8. The Hall–Kier alpha value is -4.10. The van der Waals surface area contributed by atoms with Crippen LogP contribution in [0.4, 0.5) is 17.3 Å². The second-order valence-corrected chi connectivity index (χ2v) is 7.43. The highest BCUT2D eigenvalue weighted by atomic mass is 35.5. The Morgan fingerprint density at radius 3 is 2.36 bits per heavy atom. The summed E-state index contributed by atoms with van der Waals surface area (Å²) in [7, 11) is 3.11. The Morgan fingerprint density at radius 1 is 0.909 bits per heavy atom. The number of ether oxygens (including phenoxy) is 2. The molecule has 0 atom stereocenters. The van der Waals surface area contributed by atoms with Crippen molar-refractivity contribution in [3.05, 3.63) is 89.6 Å². The first kappa shape index (κ1) is 22.1. The van der Waals surface area contributed by atoms with Gasteiger partial charge in [-0.2, -0.15) is 0 Å². The molecule has 1 amide bonds. The van der Waals surface area contributed by atoms with Gasteiger partial charge in [-0.25, -0.2) is 9.97 Å². The molecule has 4 rings (SSSR count). The standard InChI is InChI=1S/C25H21ClN4O3/c1-32-20-11-12-22(23(15-20)33-2)29-24(31)17-5-9-19(10-6-17)28-25-27-14-13-21(30-25)16-3-7-18(26)8-4-16/h3-15H,1-2H3,(H,29,31)(H,27,28,30). The van der Waals surface area contributed by atoms with Crippen molar-refractivity contribution in [2.45, 2.75) is 0 Å². The Labute approximate surface area is 196 Å². The number of aromatic nitrogens is 2. The molecule has 2 N–H and O–H groups in total. The monoisotopic (exact) mass is 460 g/mol. The van der Waals surface area contributed by atoms with Crippen molar-refractivity contribution in [1.29, 1.82) is 0 Å². The number of hydrogen-bond donors (Lipinski definition) is 2. The van der Waals surface area contributed by atoms with E-state index in [0.717, 1.165) is 16.9 Å². The van der Waals surface area contributed by atoms with Crippen LogP contribution < -0.4 is 20.1 Å². The van der Waals surface area contributed by atoms with Crippen molar-refractivity contribution in [2.75, 3.05) is 24.9 Å². The van der Waals surface area contributed by atoms with Gasteiger partial charge in [-0.1, -0.05) is 23.7 Å². The van der Waals surface area contributed by atoms with Gasteiger partial charge in [-0.3, -0.25) is 4.79 Å². The van der Waals surface area contributed by atoms with E-state index in [1.54, 1.807) is 55.8 Å². The highest BCUT2D eigenvalue weighted by Gasteiger charge is 2.11. The van der Waals surface area contributed by atoms with Crippen LogP contribution in [0.25, 0.3) is 11.3 Å². The lowest BCUT2D eigenvalue weighted by molar-refractivity contribution is 0.102. The minimum Gasteiger partial charge on any atom is -0.497 e. The molecule has 8 heteroatoms. The fourth-order valence-corrected chi connectivity index (χ4v) is 3.26. The lowest BCUT2D eigenvalue weighted by Gasteiger charge is -2.12. The molecule has 0 spiro atoms. The number of nitrogens with zero attached hydrogens (tertiary/aromatic N) is 2. The van der Waals surface area contributed by atoms with Crippen LogP contribution in [0.1, 0.15) is 10.4 Å². The molecule has 0 unspecified atom stereocenters. The number of benzene rings is 3. The zero-order valence-electron chi connectivity index (χ0n) is 18.0. The summed E-state index contributed by atoms with van der Waals surface area (Å²) in [4.78, 5) is 21.5. The van der Waals surface area contributed by atoms with Gasteiger partial charge in [0.2, 0.25) is 5.95 Å². The number of anilines is 3. The van der Waals surface area contributed by atoms with E-state index in [-0.39, 0.29) is 5.91 Å². The van der Waals surface area contributed by atoms with Crippen LogP contribution in [0.2, 0.25) is 5.02 Å². The Bertz CT molecular complexity index is 1260. The van der Waals surface area contributed by atoms with E-state index in [9.17, 15) is 4.79 Å². The molecular weight excluding hydrogens is 440 g/mol. The molecule has 0 fully saturated rings. The van der Waals surface area contributed by atoms with E-state index in [1.165, 1.54) is 7.11 Å². The van der Waals surface area contributed by atoms with Crippen LogP contribution in [0, 0.1) is 0 Å². The van der Waals surface area contributed by atoms with Gasteiger partial charge in [0.1, 0.15) is 11.5 Å². The van der Waals surface area contributed by atoms with E-state index in [0.29, 0.717) is 33.7 Å². The van der Waals surface area contributed by atoms with Gasteiger partial charge in [0.25, 0.3) is 5.91 Å².